The monoisotopic (exact) mass is 381 g/mol. The maximum absolute atomic E-state index is 6.10. The molecule has 1 heterocycles. The zero-order valence-electron chi connectivity index (χ0n) is 12.2. The Labute approximate surface area is 134 Å². The molecule has 112 valence electrons. The van der Waals surface area contributed by atoms with Gasteiger partial charge >= 0.3 is 0 Å². The van der Waals surface area contributed by atoms with Crippen molar-refractivity contribution in [2.45, 2.75) is 39.0 Å². The lowest BCUT2D eigenvalue weighted by Gasteiger charge is -2.31. The number of likely N-dealkylation sites (tertiary alicyclic amines) is 1. The summed E-state index contributed by atoms with van der Waals surface area (Å²) in [5, 5.41) is 0. The Morgan fingerprint density at radius 3 is 2.53 bits per heavy atom. The molecule has 2 fully saturated rings. The predicted molar refractivity (Wildman–Crippen MR) is 90.0 cm³/mol. The normalized spacial score (nSPS) is 23.1. The van der Waals surface area contributed by atoms with Crippen molar-refractivity contribution < 1.29 is 4.74 Å². The van der Waals surface area contributed by atoms with Gasteiger partial charge in [-0.3, -0.25) is 4.99 Å². The molecular formula is C14H28IN3O. The summed E-state index contributed by atoms with van der Waals surface area (Å²) in [5.41, 5.74) is 6.51. The summed E-state index contributed by atoms with van der Waals surface area (Å²) < 4.78 is 5.16. The van der Waals surface area contributed by atoms with E-state index in [4.69, 9.17) is 10.5 Å². The fourth-order valence-electron chi connectivity index (χ4n) is 2.57. The molecule has 0 atom stereocenters. The minimum absolute atomic E-state index is 0. The van der Waals surface area contributed by atoms with Crippen LogP contribution in [-0.4, -0.2) is 44.2 Å². The molecule has 0 amide bonds. The molecule has 0 spiro atoms. The third-order valence-corrected chi connectivity index (χ3v) is 4.48. The van der Waals surface area contributed by atoms with Gasteiger partial charge in [-0.05, 0) is 43.4 Å². The van der Waals surface area contributed by atoms with Gasteiger partial charge in [0, 0.05) is 33.4 Å². The van der Waals surface area contributed by atoms with E-state index in [9.17, 15) is 0 Å². The Bertz CT molecular complexity index is 297. The summed E-state index contributed by atoms with van der Waals surface area (Å²) in [6.45, 7) is 6.18. The number of hydrogen-bond acceptors (Lipinski definition) is 2. The van der Waals surface area contributed by atoms with Crippen molar-refractivity contribution in [2.75, 3.05) is 33.4 Å². The summed E-state index contributed by atoms with van der Waals surface area (Å²) in [4.78, 5) is 6.87. The van der Waals surface area contributed by atoms with E-state index >= 15 is 0 Å². The Kier molecular flexibility index (Phi) is 6.86. The van der Waals surface area contributed by atoms with Crippen LogP contribution in [0, 0.1) is 11.3 Å². The van der Waals surface area contributed by atoms with Crippen LogP contribution in [0.2, 0.25) is 0 Å². The van der Waals surface area contributed by atoms with E-state index in [-0.39, 0.29) is 24.0 Å². The number of aliphatic imine (C=N–C) groups is 1. The average Bonchev–Trinajstić information content (AvgIpc) is 3.15. The van der Waals surface area contributed by atoms with E-state index in [1.807, 2.05) is 0 Å². The molecule has 0 radical (unpaired) electrons. The molecule has 0 unspecified atom stereocenters. The molecule has 2 N–H and O–H groups in total. The van der Waals surface area contributed by atoms with Crippen LogP contribution in [0.3, 0.4) is 0 Å². The van der Waals surface area contributed by atoms with Gasteiger partial charge in [0.1, 0.15) is 0 Å². The molecule has 0 aromatic heterocycles. The molecule has 5 heteroatoms. The number of halogens is 1. The largest absolute Gasteiger partial charge is 0.385 e. The van der Waals surface area contributed by atoms with E-state index in [1.165, 1.54) is 25.7 Å². The number of ether oxygens (including phenoxy) is 1. The summed E-state index contributed by atoms with van der Waals surface area (Å²) in [5.74, 6) is 1.59. The molecule has 1 saturated carbocycles. The molecule has 1 saturated heterocycles. The van der Waals surface area contributed by atoms with Gasteiger partial charge in [-0.1, -0.05) is 6.92 Å². The van der Waals surface area contributed by atoms with Crippen molar-refractivity contribution in [3.63, 3.8) is 0 Å². The van der Waals surface area contributed by atoms with E-state index in [2.05, 4.69) is 16.8 Å². The summed E-state index contributed by atoms with van der Waals surface area (Å²) in [6.07, 6.45) is 6.17. The van der Waals surface area contributed by atoms with Gasteiger partial charge in [0.05, 0.1) is 0 Å². The number of rotatable bonds is 5. The minimum atomic E-state index is 0. The van der Waals surface area contributed by atoms with Crippen molar-refractivity contribution in [1.29, 1.82) is 0 Å². The van der Waals surface area contributed by atoms with Crippen LogP contribution in [0.25, 0.3) is 0 Å². The first-order chi connectivity index (χ1) is 8.65. The molecule has 1 aliphatic heterocycles. The lowest BCUT2D eigenvalue weighted by Crippen LogP contribution is -2.42. The smallest absolute Gasteiger partial charge is 0.191 e. The number of piperidine rings is 1. The number of guanidine groups is 1. The highest BCUT2D eigenvalue weighted by atomic mass is 127. The average molecular weight is 381 g/mol. The Hall–Kier alpha value is -0.0400. The van der Waals surface area contributed by atoms with Crippen LogP contribution in [0.4, 0.5) is 0 Å². The van der Waals surface area contributed by atoms with Crippen molar-refractivity contribution >= 4 is 29.9 Å². The van der Waals surface area contributed by atoms with E-state index < -0.39 is 0 Å². The number of hydrogen-bond donors (Lipinski definition) is 1. The topological polar surface area (TPSA) is 50.9 Å². The van der Waals surface area contributed by atoms with Crippen molar-refractivity contribution in [3.05, 3.63) is 0 Å². The van der Waals surface area contributed by atoms with Gasteiger partial charge in [0.15, 0.2) is 5.96 Å². The molecule has 4 nitrogen and oxygen atoms in total. The maximum Gasteiger partial charge on any atom is 0.191 e. The van der Waals surface area contributed by atoms with Crippen molar-refractivity contribution in [1.82, 2.24) is 4.90 Å². The molecule has 1 aliphatic carbocycles. The second-order valence-corrected chi connectivity index (χ2v) is 6.09. The standard InChI is InChI=1S/C14H27N3O.HI/c1-12-3-8-17(9-4-12)13(15)16-11-14(5-6-14)7-10-18-2;/h12H,3-11H2,1-2H3,(H2,15,16);1H. The van der Waals surface area contributed by atoms with Crippen LogP contribution < -0.4 is 5.73 Å². The highest BCUT2D eigenvalue weighted by Crippen LogP contribution is 2.48. The second kappa shape index (κ2) is 7.67. The predicted octanol–water partition coefficient (Wildman–Crippen LogP) is 2.47. The first-order valence-corrected chi connectivity index (χ1v) is 7.19. The zero-order valence-corrected chi connectivity index (χ0v) is 14.6. The fraction of sp³-hybridized carbons (Fsp3) is 0.929. The van der Waals surface area contributed by atoms with E-state index in [0.29, 0.717) is 5.41 Å². The maximum atomic E-state index is 6.10. The Morgan fingerprint density at radius 1 is 1.37 bits per heavy atom. The van der Waals surface area contributed by atoms with Gasteiger partial charge in [0.2, 0.25) is 0 Å². The molecule has 19 heavy (non-hydrogen) atoms. The lowest BCUT2D eigenvalue weighted by atomic mass is 9.99. The molecule has 2 aliphatic rings. The second-order valence-electron chi connectivity index (χ2n) is 6.09. The third-order valence-electron chi connectivity index (χ3n) is 4.48. The Morgan fingerprint density at radius 2 is 2.00 bits per heavy atom. The third kappa shape index (κ3) is 5.10. The van der Waals surface area contributed by atoms with Gasteiger partial charge < -0.3 is 15.4 Å². The molecule has 0 aromatic carbocycles. The van der Waals surface area contributed by atoms with E-state index in [0.717, 1.165) is 44.5 Å². The first-order valence-electron chi connectivity index (χ1n) is 7.19. The van der Waals surface area contributed by atoms with Gasteiger partial charge in [-0.25, -0.2) is 0 Å². The van der Waals surface area contributed by atoms with E-state index in [1.54, 1.807) is 7.11 Å². The quantitative estimate of drug-likeness (QED) is 0.452. The van der Waals surface area contributed by atoms with Crippen LogP contribution in [0.5, 0.6) is 0 Å². The molecule has 0 bridgehead atoms. The van der Waals surface area contributed by atoms with Crippen LogP contribution in [0.1, 0.15) is 39.0 Å². The number of methoxy groups -OCH3 is 1. The van der Waals surface area contributed by atoms with Crippen LogP contribution in [-0.2, 0) is 4.74 Å². The van der Waals surface area contributed by atoms with Gasteiger partial charge in [0.25, 0.3) is 0 Å². The van der Waals surface area contributed by atoms with Crippen LogP contribution in [0.15, 0.2) is 4.99 Å². The first kappa shape index (κ1) is 17.0. The van der Waals surface area contributed by atoms with Crippen molar-refractivity contribution in [3.8, 4) is 0 Å². The Balaban J connectivity index is 0.00000180. The van der Waals surface area contributed by atoms with Gasteiger partial charge in [-0.15, -0.1) is 24.0 Å². The number of nitrogens with zero attached hydrogens (tertiary/aromatic N) is 2. The molecule has 2 rings (SSSR count). The summed E-state index contributed by atoms with van der Waals surface area (Å²) in [6, 6.07) is 0. The fourth-order valence-corrected chi connectivity index (χ4v) is 2.57. The SMILES string of the molecule is COCCC1(CN=C(N)N2CCC(C)CC2)CC1.I. The van der Waals surface area contributed by atoms with Gasteiger partial charge in [-0.2, -0.15) is 0 Å². The summed E-state index contributed by atoms with van der Waals surface area (Å²) >= 11 is 0. The van der Waals surface area contributed by atoms with Crippen molar-refractivity contribution in [2.24, 2.45) is 22.1 Å². The number of nitrogens with two attached hydrogens (primary N) is 1. The lowest BCUT2D eigenvalue weighted by molar-refractivity contribution is 0.173. The zero-order chi connectivity index (χ0) is 13.0. The summed E-state index contributed by atoms with van der Waals surface area (Å²) in [7, 11) is 1.77. The highest BCUT2D eigenvalue weighted by Gasteiger charge is 2.41. The molecular weight excluding hydrogens is 353 g/mol. The highest BCUT2D eigenvalue weighted by molar-refractivity contribution is 14.0. The minimum Gasteiger partial charge on any atom is -0.385 e. The van der Waals surface area contributed by atoms with Crippen LogP contribution >= 0.6 is 24.0 Å². The molecule has 0 aromatic rings.